The molecule has 3 aliphatic rings. The number of aryl methyl sites for hydroxylation is 2. The second kappa shape index (κ2) is 9.79. The van der Waals surface area contributed by atoms with Crippen LogP contribution in [-0.4, -0.2) is 69.2 Å². The van der Waals surface area contributed by atoms with E-state index < -0.39 is 18.1 Å². The Morgan fingerprint density at radius 3 is 2.35 bits per heavy atom. The van der Waals surface area contributed by atoms with E-state index in [4.69, 9.17) is 14.4 Å². The fraction of sp³-hybridized carbons (Fsp3) is 0.773. The minimum absolute atomic E-state index is 0.0330. The highest BCUT2D eigenvalue weighted by atomic mass is 19.4. The molecule has 4 rings (SSSR count). The van der Waals surface area contributed by atoms with Gasteiger partial charge < -0.3 is 19.4 Å². The van der Waals surface area contributed by atoms with Gasteiger partial charge in [-0.05, 0) is 52.0 Å². The van der Waals surface area contributed by atoms with Gasteiger partial charge in [-0.1, -0.05) is 5.16 Å². The summed E-state index contributed by atoms with van der Waals surface area (Å²) in [6.45, 7) is 6.97. The second-order valence-corrected chi connectivity index (χ2v) is 9.59. The first-order valence-electron chi connectivity index (χ1n) is 11.3. The zero-order chi connectivity index (χ0) is 25.3. The predicted molar refractivity (Wildman–Crippen MR) is 110 cm³/mol. The summed E-state index contributed by atoms with van der Waals surface area (Å²) in [5.74, 6) is -4.09. The van der Waals surface area contributed by atoms with Crippen LogP contribution in [0.2, 0.25) is 0 Å². The Kier molecular flexibility index (Phi) is 7.59. The van der Waals surface area contributed by atoms with Crippen molar-refractivity contribution in [3.63, 3.8) is 0 Å². The molecule has 1 saturated carbocycles. The lowest BCUT2D eigenvalue weighted by molar-refractivity contribution is -0.192. The van der Waals surface area contributed by atoms with Crippen LogP contribution < -0.4 is 0 Å². The number of carboxylic acids is 1. The molecule has 2 saturated heterocycles. The first kappa shape index (κ1) is 26.4. The van der Waals surface area contributed by atoms with Crippen LogP contribution in [0.1, 0.15) is 62.0 Å². The molecule has 3 heterocycles. The monoisotopic (exact) mass is 495 g/mol. The molecule has 1 unspecified atom stereocenters. The van der Waals surface area contributed by atoms with Crippen LogP contribution in [0.25, 0.3) is 0 Å². The maximum Gasteiger partial charge on any atom is 0.490 e. The van der Waals surface area contributed by atoms with Crippen molar-refractivity contribution in [2.45, 2.75) is 83.0 Å². The van der Waals surface area contributed by atoms with E-state index in [9.17, 15) is 26.7 Å². The van der Waals surface area contributed by atoms with E-state index in [1.807, 2.05) is 13.8 Å². The van der Waals surface area contributed by atoms with Gasteiger partial charge in [0.2, 0.25) is 11.8 Å². The van der Waals surface area contributed by atoms with Crippen LogP contribution in [0.5, 0.6) is 0 Å². The third kappa shape index (κ3) is 6.05. The average molecular weight is 495 g/mol. The van der Waals surface area contributed by atoms with E-state index in [-0.39, 0.29) is 30.2 Å². The summed E-state index contributed by atoms with van der Waals surface area (Å²) in [5, 5.41) is 11.2. The lowest BCUT2D eigenvalue weighted by atomic mass is 9.81. The van der Waals surface area contributed by atoms with E-state index in [1.54, 1.807) is 0 Å². The number of nitrogens with zero attached hydrogens (tertiary/aromatic N) is 3. The van der Waals surface area contributed by atoms with Crippen molar-refractivity contribution in [1.82, 2.24) is 15.0 Å². The highest BCUT2D eigenvalue weighted by Crippen LogP contribution is 2.44. The van der Waals surface area contributed by atoms with Gasteiger partial charge in [-0.25, -0.2) is 13.6 Å². The summed E-state index contributed by atoms with van der Waals surface area (Å²) in [4.78, 5) is 26.0. The minimum Gasteiger partial charge on any atom is -0.475 e. The summed E-state index contributed by atoms with van der Waals surface area (Å²) >= 11 is 0. The second-order valence-electron chi connectivity index (χ2n) is 9.59. The van der Waals surface area contributed by atoms with Crippen molar-refractivity contribution in [3.05, 3.63) is 17.0 Å². The zero-order valence-corrected chi connectivity index (χ0v) is 19.3. The topological polar surface area (TPSA) is 86.9 Å². The highest BCUT2D eigenvalue weighted by Gasteiger charge is 2.48. The maximum absolute atomic E-state index is 13.1. The Hall–Kier alpha value is -2.24. The largest absolute Gasteiger partial charge is 0.490 e. The Bertz CT molecular complexity index is 876. The first-order valence-corrected chi connectivity index (χ1v) is 11.3. The van der Waals surface area contributed by atoms with Gasteiger partial charge in [0, 0.05) is 43.5 Å². The van der Waals surface area contributed by atoms with Gasteiger partial charge in [0.15, 0.2) is 0 Å². The third-order valence-corrected chi connectivity index (χ3v) is 7.12. The lowest BCUT2D eigenvalue weighted by Gasteiger charge is -2.39. The van der Waals surface area contributed by atoms with Crippen LogP contribution in [0.4, 0.5) is 22.0 Å². The molecule has 12 heteroatoms. The molecule has 0 radical (unpaired) electrons. The molecule has 1 spiro atoms. The Morgan fingerprint density at radius 2 is 1.82 bits per heavy atom. The average Bonchev–Trinajstić information content (AvgIpc) is 3.09. The molecule has 1 atom stereocenters. The van der Waals surface area contributed by atoms with E-state index in [1.165, 1.54) is 0 Å². The first-order chi connectivity index (χ1) is 15.7. The molecule has 3 fully saturated rings. The summed E-state index contributed by atoms with van der Waals surface area (Å²) in [7, 11) is 0. The molecule has 1 N–H and O–H groups in total. The standard InChI is InChI=1S/C20H29F2N3O2.C2HF3O2/c1-14-17(15(2)27-23-14)13-25-18(26)4-6-19(25)5-3-8-24(9-7-19)12-16-10-20(21,22)11-16;3-2(4,5)1(6)7/h16H,3-13H2,1-2H3;(H,6,7). The lowest BCUT2D eigenvalue weighted by Crippen LogP contribution is -2.46. The van der Waals surface area contributed by atoms with Crippen molar-refractivity contribution in [2.24, 2.45) is 5.92 Å². The number of aromatic nitrogens is 1. The van der Waals surface area contributed by atoms with E-state index in [2.05, 4.69) is 15.0 Å². The van der Waals surface area contributed by atoms with Crippen LogP contribution in [0.3, 0.4) is 0 Å². The number of carbonyl (C=O) groups is 2. The maximum atomic E-state index is 13.1. The molecular weight excluding hydrogens is 465 g/mol. The van der Waals surface area contributed by atoms with Gasteiger partial charge in [0.1, 0.15) is 5.76 Å². The number of carboxylic acid groups (broad SMARTS) is 1. The van der Waals surface area contributed by atoms with Crippen molar-refractivity contribution < 1.29 is 41.2 Å². The SMILES string of the molecule is Cc1noc(C)c1CN1C(=O)CCC12CCCN(CC1CC(F)(F)C1)CC2.O=C(O)C(F)(F)F. The number of carbonyl (C=O) groups excluding carboxylic acids is 1. The predicted octanol–water partition coefficient (Wildman–Crippen LogP) is 4.32. The summed E-state index contributed by atoms with van der Waals surface area (Å²) in [5.41, 5.74) is 1.76. The summed E-state index contributed by atoms with van der Waals surface area (Å²) < 4.78 is 63.3. The van der Waals surface area contributed by atoms with Crippen LogP contribution in [-0.2, 0) is 16.1 Å². The van der Waals surface area contributed by atoms with Gasteiger partial charge in [-0.15, -0.1) is 0 Å². The van der Waals surface area contributed by atoms with Crippen molar-refractivity contribution in [1.29, 1.82) is 0 Å². The van der Waals surface area contributed by atoms with E-state index in [0.29, 0.717) is 13.0 Å². The molecule has 2 aliphatic heterocycles. The van der Waals surface area contributed by atoms with Gasteiger partial charge in [0.05, 0.1) is 12.2 Å². The van der Waals surface area contributed by atoms with Crippen LogP contribution in [0.15, 0.2) is 4.52 Å². The number of amides is 1. The number of alkyl halides is 5. The van der Waals surface area contributed by atoms with E-state index in [0.717, 1.165) is 62.3 Å². The Morgan fingerprint density at radius 1 is 1.18 bits per heavy atom. The van der Waals surface area contributed by atoms with Crippen molar-refractivity contribution >= 4 is 11.9 Å². The molecule has 1 aromatic rings. The molecule has 7 nitrogen and oxygen atoms in total. The molecule has 1 aliphatic carbocycles. The van der Waals surface area contributed by atoms with Gasteiger partial charge in [-0.3, -0.25) is 4.79 Å². The quantitative estimate of drug-likeness (QED) is 0.627. The number of hydrogen-bond acceptors (Lipinski definition) is 5. The van der Waals surface area contributed by atoms with Gasteiger partial charge in [0.25, 0.3) is 0 Å². The van der Waals surface area contributed by atoms with Crippen molar-refractivity contribution in [2.75, 3.05) is 19.6 Å². The zero-order valence-electron chi connectivity index (χ0n) is 19.3. The van der Waals surface area contributed by atoms with Gasteiger partial charge >= 0.3 is 12.1 Å². The fourth-order valence-corrected chi connectivity index (χ4v) is 5.23. The molecule has 1 aromatic heterocycles. The minimum atomic E-state index is -5.08. The number of hydrogen-bond donors (Lipinski definition) is 1. The third-order valence-electron chi connectivity index (χ3n) is 7.12. The van der Waals surface area contributed by atoms with Gasteiger partial charge in [-0.2, -0.15) is 13.2 Å². The number of likely N-dealkylation sites (tertiary alicyclic amines) is 2. The van der Waals surface area contributed by atoms with E-state index >= 15 is 0 Å². The molecule has 0 bridgehead atoms. The molecular formula is C22H30F5N3O4. The molecule has 0 aromatic carbocycles. The Labute approximate surface area is 194 Å². The smallest absolute Gasteiger partial charge is 0.475 e. The molecule has 192 valence electrons. The number of rotatable bonds is 4. The molecule has 1 amide bonds. The molecule has 34 heavy (non-hydrogen) atoms. The van der Waals surface area contributed by atoms with Crippen LogP contribution in [0, 0.1) is 19.8 Å². The summed E-state index contributed by atoms with van der Waals surface area (Å²) in [6, 6.07) is 0. The highest BCUT2D eigenvalue weighted by molar-refractivity contribution is 5.79. The Balaban J connectivity index is 0.000000406. The number of aliphatic carboxylic acids is 1. The van der Waals surface area contributed by atoms with Crippen LogP contribution >= 0.6 is 0 Å². The summed E-state index contributed by atoms with van der Waals surface area (Å²) in [6.07, 6.45) is -0.613. The van der Waals surface area contributed by atoms with Crippen molar-refractivity contribution in [3.8, 4) is 0 Å². The number of halogens is 5. The fourth-order valence-electron chi connectivity index (χ4n) is 5.23. The normalized spacial score (nSPS) is 25.6.